The number of hydrogen-bond acceptors (Lipinski definition) is 4. The van der Waals surface area contributed by atoms with Gasteiger partial charge in [-0.15, -0.1) is 0 Å². The number of carbonyl (C=O) groups excluding carboxylic acids is 1. The standard InChI is InChI=1S/C16H22N4O2/c1-11-14(12(2)22-19-11)5-6-15(21)20-9-3-4-13(10-20)16-17-7-8-18-16/h7-8,13H,3-6,9-10H2,1-2H3,(H,17,18)/t13-/m1/s1. The van der Waals surface area contributed by atoms with E-state index in [0.29, 0.717) is 18.8 Å². The van der Waals surface area contributed by atoms with Crippen LogP contribution in [0, 0.1) is 13.8 Å². The molecule has 0 unspecified atom stereocenters. The van der Waals surface area contributed by atoms with Crippen molar-refractivity contribution in [3.05, 3.63) is 35.2 Å². The normalized spacial score (nSPS) is 18.6. The number of aromatic nitrogens is 3. The Bertz CT molecular complexity index is 613. The van der Waals surface area contributed by atoms with Gasteiger partial charge >= 0.3 is 0 Å². The number of rotatable bonds is 4. The lowest BCUT2D eigenvalue weighted by Crippen LogP contribution is -2.39. The van der Waals surface area contributed by atoms with Gasteiger partial charge in [0.2, 0.25) is 5.91 Å². The van der Waals surface area contributed by atoms with Crippen molar-refractivity contribution < 1.29 is 9.32 Å². The van der Waals surface area contributed by atoms with Crippen LogP contribution in [0.1, 0.15) is 48.0 Å². The van der Waals surface area contributed by atoms with Crippen LogP contribution < -0.4 is 0 Å². The Kier molecular flexibility index (Phi) is 4.27. The first kappa shape index (κ1) is 14.8. The molecular formula is C16H22N4O2. The summed E-state index contributed by atoms with van der Waals surface area (Å²) >= 11 is 0. The van der Waals surface area contributed by atoms with E-state index in [4.69, 9.17) is 4.52 Å². The molecule has 1 saturated heterocycles. The molecule has 22 heavy (non-hydrogen) atoms. The molecule has 3 heterocycles. The number of hydrogen-bond donors (Lipinski definition) is 1. The highest BCUT2D eigenvalue weighted by atomic mass is 16.5. The van der Waals surface area contributed by atoms with Crippen LogP contribution in [0.25, 0.3) is 0 Å². The maximum absolute atomic E-state index is 12.5. The van der Waals surface area contributed by atoms with Crippen LogP contribution in [0.15, 0.2) is 16.9 Å². The number of likely N-dealkylation sites (tertiary alicyclic amines) is 1. The molecule has 1 fully saturated rings. The summed E-state index contributed by atoms with van der Waals surface area (Å²) in [4.78, 5) is 21.9. The lowest BCUT2D eigenvalue weighted by atomic mass is 9.96. The minimum atomic E-state index is 0.205. The molecule has 0 saturated carbocycles. The maximum atomic E-state index is 12.5. The van der Waals surface area contributed by atoms with Gasteiger partial charge in [0.05, 0.1) is 5.69 Å². The van der Waals surface area contributed by atoms with Gasteiger partial charge in [0, 0.05) is 43.4 Å². The molecule has 2 aromatic heterocycles. The number of amides is 1. The highest BCUT2D eigenvalue weighted by molar-refractivity contribution is 5.76. The summed E-state index contributed by atoms with van der Waals surface area (Å²) in [5, 5.41) is 3.94. The Morgan fingerprint density at radius 1 is 1.50 bits per heavy atom. The number of aryl methyl sites for hydroxylation is 2. The molecule has 0 radical (unpaired) electrons. The molecule has 1 atom stereocenters. The Hall–Kier alpha value is -2.11. The Morgan fingerprint density at radius 3 is 3.05 bits per heavy atom. The van der Waals surface area contributed by atoms with Crippen LogP contribution in [0.5, 0.6) is 0 Å². The molecule has 0 bridgehead atoms. The molecule has 2 aromatic rings. The highest BCUT2D eigenvalue weighted by Gasteiger charge is 2.26. The van der Waals surface area contributed by atoms with Crippen molar-refractivity contribution >= 4 is 5.91 Å². The van der Waals surface area contributed by atoms with Crippen molar-refractivity contribution in [3.63, 3.8) is 0 Å². The zero-order chi connectivity index (χ0) is 15.5. The van der Waals surface area contributed by atoms with Gasteiger partial charge in [-0.25, -0.2) is 4.98 Å². The van der Waals surface area contributed by atoms with E-state index >= 15 is 0 Å². The van der Waals surface area contributed by atoms with Crippen LogP contribution in [-0.4, -0.2) is 39.0 Å². The number of nitrogens with one attached hydrogen (secondary N) is 1. The second kappa shape index (κ2) is 6.34. The fourth-order valence-corrected chi connectivity index (χ4v) is 3.18. The van der Waals surface area contributed by atoms with Crippen molar-refractivity contribution in [1.29, 1.82) is 0 Å². The van der Waals surface area contributed by atoms with Gasteiger partial charge in [-0.1, -0.05) is 5.16 Å². The van der Waals surface area contributed by atoms with Gasteiger partial charge in [-0.05, 0) is 33.1 Å². The third-order valence-electron chi connectivity index (χ3n) is 4.45. The third-order valence-corrected chi connectivity index (χ3v) is 4.45. The molecular weight excluding hydrogens is 280 g/mol. The van der Waals surface area contributed by atoms with E-state index in [1.807, 2.05) is 24.9 Å². The topological polar surface area (TPSA) is 75.0 Å². The van der Waals surface area contributed by atoms with Crippen molar-refractivity contribution in [2.24, 2.45) is 0 Å². The Morgan fingerprint density at radius 2 is 2.36 bits per heavy atom. The first-order valence-corrected chi connectivity index (χ1v) is 7.84. The molecule has 0 aliphatic carbocycles. The van der Waals surface area contributed by atoms with E-state index in [0.717, 1.165) is 48.8 Å². The molecule has 1 N–H and O–H groups in total. The van der Waals surface area contributed by atoms with Crippen molar-refractivity contribution in [3.8, 4) is 0 Å². The zero-order valence-electron chi connectivity index (χ0n) is 13.1. The summed E-state index contributed by atoms with van der Waals surface area (Å²) in [6.45, 7) is 5.42. The van der Waals surface area contributed by atoms with Gasteiger partial charge in [0.25, 0.3) is 0 Å². The van der Waals surface area contributed by atoms with Crippen molar-refractivity contribution in [2.45, 2.75) is 45.4 Å². The first-order valence-electron chi connectivity index (χ1n) is 7.84. The number of aromatic amines is 1. The quantitative estimate of drug-likeness (QED) is 0.940. The molecule has 0 spiro atoms. The Balaban J connectivity index is 1.58. The lowest BCUT2D eigenvalue weighted by Gasteiger charge is -2.32. The van der Waals surface area contributed by atoms with Crippen LogP contribution in [0.2, 0.25) is 0 Å². The highest BCUT2D eigenvalue weighted by Crippen LogP contribution is 2.25. The van der Waals surface area contributed by atoms with E-state index < -0.39 is 0 Å². The number of imidazole rings is 1. The van der Waals surface area contributed by atoms with Crippen LogP contribution >= 0.6 is 0 Å². The van der Waals surface area contributed by atoms with Gasteiger partial charge in [0.15, 0.2) is 0 Å². The molecule has 118 valence electrons. The Labute approximate surface area is 129 Å². The largest absolute Gasteiger partial charge is 0.361 e. The molecule has 6 heteroatoms. The smallest absolute Gasteiger partial charge is 0.222 e. The summed E-state index contributed by atoms with van der Waals surface area (Å²) in [6.07, 6.45) is 6.93. The number of piperidine rings is 1. The lowest BCUT2D eigenvalue weighted by molar-refractivity contribution is -0.132. The maximum Gasteiger partial charge on any atom is 0.222 e. The predicted octanol–water partition coefficient (Wildman–Crippen LogP) is 2.35. The fraction of sp³-hybridized carbons (Fsp3) is 0.562. The summed E-state index contributed by atoms with van der Waals surface area (Å²) < 4.78 is 5.15. The van der Waals surface area contributed by atoms with Gasteiger partial charge in [-0.3, -0.25) is 4.79 Å². The van der Waals surface area contributed by atoms with E-state index in [1.54, 1.807) is 6.20 Å². The number of H-pyrrole nitrogens is 1. The molecule has 1 aliphatic heterocycles. The summed E-state index contributed by atoms with van der Waals surface area (Å²) in [7, 11) is 0. The average Bonchev–Trinajstić information content (AvgIpc) is 3.16. The average molecular weight is 302 g/mol. The fourth-order valence-electron chi connectivity index (χ4n) is 3.18. The van der Waals surface area contributed by atoms with Crippen molar-refractivity contribution in [2.75, 3.05) is 13.1 Å². The van der Waals surface area contributed by atoms with E-state index in [-0.39, 0.29) is 5.91 Å². The van der Waals surface area contributed by atoms with Crippen LogP contribution in [-0.2, 0) is 11.2 Å². The van der Waals surface area contributed by atoms with Crippen molar-refractivity contribution in [1.82, 2.24) is 20.0 Å². The zero-order valence-corrected chi connectivity index (χ0v) is 13.1. The van der Waals surface area contributed by atoms with E-state index in [9.17, 15) is 4.79 Å². The monoisotopic (exact) mass is 302 g/mol. The minimum Gasteiger partial charge on any atom is -0.361 e. The second-order valence-corrected chi connectivity index (χ2v) is 5.96. The molecule has 1 amide bonds. The SMILES string of the molecule is Cc1noc(C)c1CCC(=O)N1CCC[C@@H](c2ncc[nH]2)C1. The summed E-state index contributed by atoms with van der Waals surface area (Å²) in [5.41, 5.74) is 1.95. The summed E-state index contributed by atoms with van der Waals surface area (Å²) in [5.74, 6) is 2.34. The van der Waals surface area contributed by atoms with E-state index in [1.165, 1.54) is 0 Å². The van der Waals surface area contributed by atoms with Gasteiger partial charge < -0.3 is 14.4 Å². The number of carbonyl (C=O) groups is 1. The molecule has 3 rings (SSSR count). The van der Waals surface area contributed by atoms with E-state index in [2.05, 4.69) is 15.1 Å². The van der Waals surface area contributed by atoms with Crippen LogP contribution in [0.3, 0.4) is 0 Å². The molecule has 0 aromatic carbocycles. The predicted molar refractivity (Wildman–Crippen MR) is 81.4 cm³/mol. The van der Waals surface area contributed by atoms with Crippen LogP contribution in [0.4, 0.5) is 0 Å². The first-order chi connectivity index (χ1) is 10.6. The van der Waals surface area contributed by atoms with Gasteiger partial charge in [-0.2, -0.15) is 0 Å². The molecule has 1 aliphatic rings. The summed E-state index contributed by atoms with van der Waals surface area (Å²) in [6, 6.07) is 0. The number of nitrogens with zero attached hydrogens (tertiary/aromatic N) is 3. The minimum absolute atomic E-state index is 0.205. The third kappa shape index (κ3) is 3.05. The molecule has 6 nitrogen and oxygen atoms in total. The second-order valence-electron chi connectivity index (χ2n) is 5.96. The van der Waals surface area contributed by atoms with Gasteiger partial charge in [0.1, 0.15) is 11.6 Å².